The first-order valence-corrected chi connectivity index (χ1v) is 8.74. The number of rotatable bonds is 6. The van der Waals surface area contributed by atoms with Crippen LogP contribution in [-0.2, 0) is 16.4 Å². The van der Waals surface area contributed by atoms with Gasteiger partial charge < -0.3 is 11.1 Å². The molecule has 0 aliphatic carbocycles. The Hall–Kier alpha value is -1.59. The lowest BCUT2D eigenvalue weighted by atomic mass is 9.94. The molecule has 0 saturated carbocycles. The molecule has 1 fully saturated rings. The molecule has 24 heavy (non-hydrogen) atoms. The number of hydroxylamine groups is 2. The summed E-state index contributed by atoms with van der Waals surface area (Å²) in [6.45, 7) is 7.67. The largest absolute Gasteiger partial charge is 0.399 e. The van der Waals surface area contributed by atoms with E-state index in [9.17, 15) is 10.0 Å². The fraction of sp³-hybridized carbons (Fsp3) is 0.632. The lowest BCUT2D eigenvalue weighted by molar-refractivity contribution is -0.246. The van der Waals surface area contributed by atoms with Gasteiger partial charge in [0.05, 0.1) is 11.6 Å². The Balaban J connectivity index is 1.74. The van der Waals surface area contributed by atoms with Crippen molar-refractivity contribution in [3.05, 3.63) is 29.8 Å². The van der Waals surface area contributed by atoms with E-state index in [1.807, 2.05) is 52.0 Å². The molecule has 0 bridgehead atoms. The van der Waals surface area contributed by atoms with Crippen LogP contribution in [0.2, 0.25) is 0 Å². The van der Waals surface area contributed by atoms with Crippen molar-refractivity contribution < 1.29 is 10.0 Å². The molecule has 0 aromatic heterocycles. The van der Waals surface area contributed by atoms with Crippen molar-refractivity contribution in [3.63, 3.8) is 0 Å². The second kappa shape index (κ2) is 7.11. The van der Waals surface area contributed by atoms with Crippen LogP contribution in [0.25, 0.3) is 0 Å². The minimum atomic E-state index is -0.566. The smallest absolute Gasteiger partial charge is 0.220 e. The highest BCUT2D eigenvalue weighted by atomic mass is 16.5. The molecule has 1 heterocycles. The zero-order valence-electron chi connectivity index (χ0n) is 15.3. The monoisotopic (exact) mass is 332 g/mol. The Morgan fingerprint density at radius 1 is 1.21 bits per heavy atom. The van der Waals surface area contributed by atoms with Gasteiger partial charge in [0.1, 0.15) is 0 Å². The van der Waals surface area contributed by atoms with E-state index in [1.165, 1.54) is 5.56 Å². The van der Waals surface area contributed by atoms with Crippen LogP contribution in [-0.4, -0.2) is 28.1 Å². The quantitative estimate of drug-likeness (QED) is 0.621. The molecule has 5 heteroatoms. The summed E-state index contributed by atoms with van der Waals surface area (Å²) >= 11 is 0. The lowest BCUT2D eigenvalue weighted by Gasteiger charge is -2.33. The van der Waals surface area contributed by atoms with Gasteiger partial charge in [0, 0.05) is 17.6 Å². The molecule has 1 radical (unpaired) electrons. The molecule has 1 aliphatic heterocycles. The van der Waals surface area contributed by atoms with Gasteiger partial charge in [0.2, 0.25) is 5.91 Å². The number of hydrogen-bond acceptors (Lipinski definition) is 3. The Morgan fingerprint density at radius 2 is 1.83 bits per heavy atom. The molecule has 1 saturated heterocycles. The van der Waals surface area contributed by atoms with Gasteiger partial charge in [-0.05, 0) is 71.1 Å². The summed E-state index contributed by atoms with van der Waals surface area (Å²) in [6.07, 6.45) is 3.93. The van der Waals surface area contributed by atoms with Gasteiger partial charge in [0.25, 0.3) is 0 Å². The average molecular weight is 332 g/mol. The van der Waals surface area contributed by atoms with E-state index in [-0.39, 0.29) is 11.9 Å². The van der Waals surface area contributed by atoms with Gasteiger partial charge in [-0.1, -0.05) is 12.1 Å². The minimum Gasteiger partial charge on any atom is -0.399 e. The van der Waals surface area contributed by atoms with Gasteiger partial charge in [-0.2, -0.15) is 0 Å². The van der Waals surface area contributed by atoms with Crippen molar-refractivity contribution >= 4 is 11.6 Å². The number of nitrogens with one attached hydrogen (secondary N) is 1. The molecule has 5 nitrogen and oxygen atoms in total. The maximum Gasteiger partial charge on any atom is 0.220 e. The number of aryl methyl sites for hydroxylation is 1. The summed E-state index contributed by atoms with van der Waals surface area (Å²) in [4.78, 5) is 12.2. The van der Waals surface area contributed by atoms with E-state index >= 15 is 0 Å². The number of hydrogen-bond donors (Lipinski definition) is 2. The highest BCUT2D eigenvalue weighted by Gasteiger charge is 2.52. The van der Waals surface area contributed by atoms with E-state index in [0.29, 0.717) is 12.8 Å². The molecular weight excluding hydrogens is 302 g/mol. The van der Waals surface area contributed by atoms with Crippen molar-refractivity contribution in [1.82, 2.24) is 10.4 Å². The Labute approximate surface area is 145 Å². The number of carbonyl (C=O) groups excluding carboxylic acids is 1. The standard InChI is InChI=1S/C19H30N3O2/c1-18(2)13-16(19(3,4)22(18)24)21-17(23)8-6-5-7-14-9-11-15(20)12-10-14/h9-12,16H,5-8,13,20H2,1-4H3,(H,21,23). The van der Waals surface area contributed by atoms with E-state index in [4.69, 9.17) is 5.73 Å². The Bertz CT molecular complexity index is 566. The van der Waals surface area contributed by atoms with Crippen molar-refractivity contribution in [2.24, 2.45) is 0 Å². The minimum absolute atomic E-state index is 0.0384. The van der Waals surface area contributed by atoms with Gasteiger partial charge >= 0.3 is 0 Å². The number of anilines is 1. The third-order valence-electron chi connectivity index (χ3n) is 5.06. The zero-order chi connectivity index (χ0) is 18.0. The predicted molar refractivity (Wildman–Crippen MR) is 95.6 cm³/mol. The van der Waals surface area contributed by atoms with Crippen LogP contribution in [0, 0.1) is 0 Å². The number of nitrogens with zero attached hydrogens (tertiary/aromatic N) is 1. The number of benzene rings is 1. The maximum atomic E-state index is 12.3. The fourth-order valence-electron chi connectivity index (χ4n) is 3.55. The molecule has 133 valence electrons. The van der Waals surface area contributed by atoms with Gasteiger partial charge in [-0.15, -0.1) is 10.3 Å². The first kappa shape index (κ1) is 18.7. The van der Waals surface area contributed by atoms with E-state index in [0.717, 1.165) is 30.0 Å². The molecule has 1 atom stereocenters. The Kier molecular flexibility index (Phi) is 5.56. The highest BCUT2D eigenvalue weighted by molar-refractivity contribution is 5.76. The van der Waals surface area contributed by atoms with Crippen LogP contribution in [0.3, 0.4) is 0 Å². The first-order chi connectivity index (χ1) is 11.1. The molecule has 1 unspecified atom stereocenters. The van der Waals surface area contributed by atoms with Crippen molar-refractivity contribution in [3.8, 4) is 0 Å². The fourth-order valence-corrected chi connectivity index (χ4v) is 3.55. The van der Waals surface area contributed by atoms with Crippen molar-refractivity contribution in [2.45, 2.75) is 76.9 Å². The number of nitrogen functional groups attached to an aromatic ring is 1. The predicted octanol–water partition coefficient (Wildman–Crippen LogP) is 3.07. The van der Waals surface area contributed by atoms with Gasteiger partial charge in [0.15, 0.2) is 0 Å². The number of unbranched alkanes of at least 4 members (excludes halogenated alkanes) is 1. The molecule has 1 aromatic rings. The summed E-state index contributed by atoms with van der Waals surface area (Å²) in [5, 5.41) is 16.5. The highest BCUT2D eigenvalue weighted by Crippen LogP contribution is 2.39. The average Bonchev–Trinajstić information content (AvgIpc) is 2.65. The summed E-state index contributed by atoms with van der Waals surface area (Å²) in [5.41, 5.74) is 6.68. The molecular formula is C19H30N3O2. The summed E-state index contributed by atoms with van der Waals surface area (Å²) < 4.78 is 0. The third-order valence-corrected chi connectivity index (χ3v) is 5.06. The molecule has 2 rings (SSSR count). The molecule has 1 amide bonds. The van der Waals surface area contributed by atoms with Crippen molar-refractivity contribution in [1.29, 1.82) is 0 Å². The molecule has 0 spiro atoms. The summed E-state index contributed by atoms with van der Waals surface area (Å²) in [5.74, 6) is 0.0384. The first-order valence-electron chi connectivity index (χ1n) is 8.74. The number of amides is 1. The van der Waals surface area contributed by atoms with Crippen molar-refractivity contribution in [2.75, 3.05) is 5.73 Å². The molecule has 1 aromatic carbocycles. The van der Waals surface area contributed by atoms with E-state index < -0.39 is 11.1 Å². The normalized spacial score (nSPS) is 22.5. The number of carbonyl (C=O) groups is 1. The van der Waals surface area contributed by atoms with E-state index in [2.05, 4.69) is 5.32 Å². The summed E-state index contributed by atoms with van der Waals surface area (Å²) in [6, 6.07) is 7.76. The van der Waals surface area contributed by atoms with Crippen LogP contribution in [0.5, 0.6) is 0 Å². The topological polar surface area (TPSA) is 78.3 Å². The second-order valence-corrected chi connectivity index (χ2v) is 8.03. The van der Waals surface area contributed by atoms with Gasteiger partial charge in [-0.3, -0.25) is 4.79 Å². The van der Waals surface area contributed by atoms with Crippen LogP contribution in [0.15, 0.2) is 24.3 Å². The summed E-state index contributed by atoms with van der Waals surface area (Å²) in [7, 11) is 0. The van der Waals surface area contributed by atoms with Crippen LogP contribution in [0.1, 0.15) is 58.9 Å². The lowest BCUT2D eigenvalue weighted by Crippen LogP contribution is -2.52. The zero-order valence-corrected chi connectivity index (χ0v) is 15.3. The third kappa shape index (κ3) is 4.28. The SMILES string of the molecule is CC1(C)CC(NC(=O)CCCCc2ccc(N)cc2)C(C)(C)N1[O]. The Morgan fingerprint density at radius 3 is 2.38 bits per heavy atom. The second-order valence-electron chi connectivity index (χ2n) is 8.03. The van der Waals surface area contributed by atoms with Gasteiger partial charge in [-0.25, -0.2) is 0 Å². The van der Waals surface area contributed by atoms with Crippen LogP contribution < -0.4 is 11.1 Å². The van der Waals surface area contributed by atoms with Crippen LogP contribution >= 0.6 is 0 Å². The molecule has 1 aliphatic rings. The van der Waals surface area contributed by atoms with E-state index in [1.54, 1.807) is 0 Å². The maximum absolute atomic E-state index is 12.3. The number of nitrogens with two attached hydrogens (primary N) is 1. The van der Waals surface area contributed by atoms with Crippen LogP contribution in [0.4, 0.5) is 5.69 Å². The molecule has 3 N–H and O–H groups in total.